The molecule has 8 heteroatoms. The minimum atomic E-state index is -0.596. The van der Waals surface area contributed by atoms with Gasteiger partial charge in [0, 0.05) is 22.4 Å². The molecule has 0 unspecified atom stereocenters. The maximum atomic E-state index is 12.7. The van der Waals surface area contributed by atoms with Crippen LogP contribution >= 0.6 is 34.5 Å². The van der Waals surface area contributed by atoms with Crippen molar-refractivity contribution >= 4 is 61.6 Å². The van der Waals surface area contributed by atoms with Crippen molar-refractivity contribution in [2.45, 2.75) is 20.5 Å². The molecule has 0 saturated heterocycles. The van der Waals surface area contributed by atoms with Crippen molar-refractivity contribution in [2.75, 3.05) is 7.11 Å². The van der Waals surface area contributed by atoms with E-state index in [1.165, 1.54) is 13.2 Å². The molecule has 0 aliphatic carbocycles. The third kappa shape index (κ3) is 3.45. The van der Waals surface area contributed by atoms with Crippen LogP contribution in [0.3, 0.4) is 0 Å². The molecule has 0 N–H and O–H groups in total. The van der Waals surface area contributed by atoms with E-state index in [0.717, 1.165) is 27.8 Å². The van der Waals surface area contributed by atoms with Crippen molar-refractivity contribution in [1.82, 2.24) is 0 Å². The highest BCUT2D eigenvalue weighted by Crippen LogP contribution is 2.43. The number of thiophene rings is 1. The van der Waals surface area contributed by atoms with Crippen LogP contribution in [-0.4, -0.2) is 13.1 Å². The van der Waals surface area contributed by atoms with E-state index in [9.17, 15) is 9.59 Å². The van der Waals surface area contributed by atoms with Crippen molar-refractivity contribution in [3.8, 4) is 5.75 Å². The zero-order chi connectivity index (χ0) is 21.6. The molecule has 0 bridgehead atoms. The second kappa shape index (κ2) is 7.95. The summed E-state index contributed by atoms with van der Waals surface area (Å²) in [5.74, 6) is -0.100. The predicted octanol–water partition coefficient (Wildman–Crippen LogP) is 6.30. The Labute approximate surface area is 185 Å². The average molecular weight is 463 g/mol. The SMILES string of the molecule is COc1ccc2c(Cl)c(C(=O)OCc3cc(=O)oc4c(C)c(C)ccc34)sc2c1Cl. The number of hydrogen-bond donors (Lipinski definition) is 0. The van der Waals surface area contributed by atoms with Crippen molar-refractivity contribution < 1.29 is 18.7 Å². The zero-order valence-corrected chi connectivity index (χ0v) is 18.6. The third-order valence-corrected chi connectivity index (χ3v) is 7.18. The summed E-state index contributed by atoms with van der Waals surface area (Å²) in [7, 11) is 1.52. The fourth-order valence-electron chi connectivity index (χ4n) is 3.22. The van der Waals surface area contributed by atoms with Gasteiger partial charge in [0.05, 0.1) is 16.8 Å². The smallest absolute Gasteiger partial charge is 0.350 e. The van der Waals surface area contributed by atoms with Crippen LogP contribution in [0.25, 0.3) is 21.1 Å². The minimum absolute atomic E-state index is 0.0922. The van der Waals surface area contributed by atoms with Gasteiger partial charge in [-0.15, -0.1) is 11.3 Å². The van der Waals surface area contributed by atoms with E-state index in [0.29, 0.717) is 32.0 Å². The highest BCUT2D eigenvalue weighted by molar-refractivity contribution is 7.22. The highest BCUT2D eigenvalue weighted by Gasteiger charge is 2.22. The highest BCUT2D eigenvalue weighted by atomic mass is 35.5. The van der Waals surface area contributed by atoms with Crippen molar-refractivity contribution in [1.29, 1.82) is 0 Å². The van der Waals surface area contributed by atoms with E-state index in [4.69, 9.17) is 37.1 Å². The standard InChI is InChI=1S/C22H16Cl2O5S/c1-10-4-5-13-12(8-16(25)29-19(13)11(10)2)9-28-22(26)21-17(23)14-6-7-15(27-3)18(24)20(14)30-21/h4-8H,9H2,1-3H3. The van der Waals surface area contributed by atoms with Gasteiger partial charge in [-0.1, -0.05) is 35.3 Å². The molecule has 30 heavy (non-hydrogen) atoms. The Kier molecular flexibility index (Phi) is 5.49. The molecule has 0 spiro atoms. The summed E-state index contributed by atoms with van der Waals surface area (Å²) in [6.07, 6.45) is 0. The Morgan fingerprint density at radius 1 is 1.10 bits per heavy atom. The molecule has 0 aliphatic heterocycles. The van der Waals surface area contributed by atoms with Gasteiger partial charge in [-0.05, 0) is 37.1 Å². The lowest BCUT2D eigenvalue weighted by Gasteiger charge is -2.09. The number of ether oxygens (including phenoxy) is 2. The molecule has 5 nitrogen and oxygen atoms in total. The Hall–Kier alpha value is -2.54. The maximum Gasteiger partial charge on any atom is 0.350 e. The molecule has 0 saturated carbocycles. The number of aryl methyl sites for hydroxylation is 2. The third-order valence-electron chi connectivity index (χ3n) is 4.98. The quantitative estimate of drug-likeness (QED) is 0.263. The van der Waals surface area contributed by atoms with Crippen LogP contribution in [0.4, 0.5) is 0 Å². The number of carbonyl (C=O) groups excluding carboxylic acids is 1. The summed E-state index contributed by atoms with van der Waals surface area (Å²) < 4.78 is 16.7. The van der Waals surface area contributed by atoms with Gasteiger partial charge in [0.25, 0.3) is 0 Å². The molecule has 0 fully saturated rings. The van der Waals surface area contributed by atoms with E-state index in [1.54, 1.807) is 12.1 Å². The van der Waals surface area contributed by atoms with Crippen LogP contribution in [0.5, 0.6) is 5.75 Å². The Balaban J connectivity index is 1.68. The summed E-state index contributed by atoms with van der Waals surface area (Å²) in [4.78, 5) is 25.0. The van der Waals surface area contributed by atoms with Crippen molar-refractivity contribution in [3.63, 3.8) is 0 Å². The Bertz CT molecular complexity index is 1370. The van der Waals surface area contributed by atoms with E-state index in [1.807, 2.05) is 26.0 Å². The lowest BCUT2D eigenvalue weighted by atomic mass is 10.0. The van der Waals surface area contributed by atoms with Gasteiger partial charge in [0.1, 0.15) is 27.8 Å². The fourth-order valence-corrected chi connectivity index (χ4v) is 5.00. The van der Waals surface area contributed by atoms with Gasteiger partial charge in [-0.25, -0.2) is 9.59 Å². The Morgan fingerprint density at radius 3 is 2.57 bits per heavy atom. The van der Waals surface area contributed by atoms with Gasteiger partial charge in [-0.3, -0.25) is 0 Å². The average Bonchev–Trinajstić information content (AvgIpc) is 3.07. The predicted molar refractivity (Wildman–Crippen MR) is 119 cm³/mol. The van der Waals surface area contributed by atoms with E-state index in [2.05, 4.69) is 0 Å². The number of hydrogen-bond acceptors (Lipinski definition) is 6. The summed E-state index contributed by atoms with van der Waals surface area (Å²) in [6.45, 7) is 3.72. The second-order valence-corrected chi connectivity index (χ2v) is 8.53. The first-order chi connectivity index (χ1) is 14.3. The fraction of sp³-hybridized carbons (Fsp3) is 0.182. The second-order valence-electron chi connectivity index (χ2n) is 6.75. The van der Waals surface area contributed by atoms with Crippen molar-refractivity contribution in [2.24, 2.45) is 0 Å². The van der Waals surface area contributed by atoms with Crippen LogP contribution in [0.1, 0.15) is 26.4 Å². The van der Waals surface area contributed by atoms with Crippen LogP contribution < -0.4 is 10.4 Å². The molecule has 0 radical (unpaired) electrons. The van der Waals surface area contributed by atoms with Crippen LogP contribution in [0.2, 0.25) is 10.0 Å². The summed E-state index contributed by atoms with van der Waals surface area (Å²) in [5, 5.41) is 2.03. The lowest BCUT2D eigenvalue weighted by molar-refractivity contribution is 0.0480. The first-order valence-corrected chi connectivity index (χ1v) is 10.5. The van der Waals surface area contributed by atoms with Crippen molar-refractivity contribution in [3.05, 3.63) is 72.4 Å². The first-order valence-electron chi connectivity index (χ1n) is 8.96. The van der Waals surface area contributed by atoms with Crippen LogP contribution in [0, 0.1) is 13.8 Å². The number of benzene rings is 2. The van der Waals surface area contributed by atoms with Crippen LogP contribution in [-0.2, 0) is 11.3 Å². The van der Waals surface area contributed by atoms with E-state index in [-0.39, 0.29) is 16.5 Å². The molecule has 2 aromatic carbocycles. The van der Waals surface area contributed by atoms with E-state index < -0.39 is 11.6 Å². The van der Waals surface area contributed by atoms with Gasteiger partial charge >= 0.3 is 11.6 Å². The number of halogens is 2. The number of methoxy groups -OCH3 is 1. The van der Waals surface area contributed by atoms with Gasteiger partial charge < -0.3 is 13.9 Å². The normalized spacial score (nSPS) is 11.2. The summed E-state index contributed by atoms with van der Waals surface area (Å²) in [6, 6.07) is 8.55. The Morgan fingerprint density at radius 2 is 1.83 bits per heavy atom. The van der Waals surface area contributed by atoms with E-state index >= 15 is 0 Å². The molecule has 2 aromatic heterocycles. The molecule has 4 aromatic rings. The molecule has 2 heterocycles. The zero-order valence-electron chi connectivity index (χ0n) is 16.3. The van der Waals surface area contributed by atoms with Crippen LogP contribution in [0.15, 0.2) is 39.5 Å². The van der Waals surface area contributed by atoms with Gasteiger partial charge in [0.2, 0.25) is 0 Å². The molecular formula is C22H16Cl2O5S. The molecule has 0 atom stereocenters. The number of fused-ring (bicyclic) bond motifs is 2. The monoisotopic (exact) mass is 462 g/mol. The number of rotatable bonds is 4. The first kappa shape index (κ1) is 20.7. The molecule has 4 rings (SSSR count). The molecule has 0 aliphatic rings. The minimum Gasteiger partial charge on any atom is -0.495 e. The molecular weight excluding hydrogens is 447 g/mol. The maximum absolute atomic E-state index is 12.7. The number of esters is 1. The van der Waals surface area contributed by atoms with Gasteiger partial charge in [0.15, 0.2) is 0 Å². The molecule has 0 amide bonds. The molecule has 154 valence electrons. The largest absolute Gasteiger partial charge is 0.495 e. The number of carbonyl (C=O) groups is 1. The summed E-state index contributed by atoms with van der Waals surface area (Å²) >= 11 is 13.9. The van der Waals surface area contributed by atoms with Gasteiger partial charge in [-0.2, -0.15) is 0 Å². The lowest BCUT2D eigenvalue weighted by Crippen LogP contribution is -2.07. The summed E-state index contributed by atoms with van der Waals surface area (Å²) in [5.41, 5.74) is 2.43. The topological polar surface area (TPSA) is 65.7 Å².